The summed E-state index contributed by atoms with van der Waals surface area (Å²) in [7, 11) is 0. The lowest BCUT2D eigenvalue weighted by atomic mass is 10.1. The van der Waals surface area contributed by atoms with Gasteiger partial charge in [0, 0.05) is 5.56 Å². The number of hydrogen-bond acceptors (Lipinski definition) is 5. The summed E-state index contributed by atoms with van der Waals surface area (Å²) in [6, 6.07) is 11.3. The monoisotopic (exact) mass is 268 g/mol. The number of nitrogens with zero attached hydrogens (tertiary/aromatic N) is 4. The summed E-state index contributed by atoms with van der Waals surface area (Å²) in [4.78, 5) is 11.9. The predicted octanol–water partition coefficient (Wildman–Crippen LogP) is 1.97. The van der Waals surface area contributed by atoms with E-state index in [1.807, 2.05) is 30.3 Å². The molecule has 0 spiro atoms. The van der Waals surface area contributed by atoms with Crippen molar-refractivity contribution in [2.45, 2.75) is 6.92 Å². The quantitative estimate of drug-likeness (QED) is 0.679. The van der Waals surface area contributed by atoms with Gasteiger partial charge >= 0.3 is 5.97 Å². The minimum absolute atomic E-state index is 0.234. The maximum Gasteiger partial charge on any atom is 0.358 e. The predicted molar refractivity (Wildman–Crippen MR) is 72.2 cm³/mol. The topological polar surface area (TPSA) is 69.4 Å². The smallest absolute Gasteiger partial charge is 0.358 e. The standard InChI is InChI=1S/C14H12N4O2/c1-2-20-14(19)12-8-11(10-6-4-3-5-7-10)13-16-15-9-18(13)17-12/h3-9H,2H2,1H3. The number of aromatic nitrogens is 4. The van der Waals surface area contributed by atoms with Crippen LogP contribution < -0.4 is 0 Å². The minimum Gasteiger partial charge on any atom is -0.461 e. The zero-order valence-electron chi connectivity index (χ0n) is 10.9. The second-order valence-electron chi connectivity index (χ2n) is 4.13. The van der Waals surface area contributed by atoms with Gasteiger partial charge in [-0.15, -0.1) is 10.2 Å². The van der Waals surface area contributed by atoms with E-state index in [0.717, 1.165) is 11.1 Å². The van der Waals surface area contributed by atoms with Crippen LogP contribution >= 0.6 is 0 Å². The fraction of sp³-hybridized carbons (Fsp3) is 0.143. The highest BCUT2D eigenvalue weighted by Gasteiger charge is 2.15. The third-order valence-corrected chi connectivity index (χ3v) is 2.84. The molecule has 0 amide bonds. The van der Waals surface area contributed by atoms with Crippen LogP contribution in [-0.2, 0) is 4.74 Å². The summed E-state index contributed by atoms with van der Waals surface area (Å²) < 4.78 is 6.47. The van der Waals surface area contributed by atoms with Crippen LogP contribution in [0.15, 0.2) is 42.7 Å². The molecule has 0 saturated carbocycles. The summed E-state index contributed by atoms with van der Waals surface area (Å²) in [6.45, 7) is 2.06. The summed E-state index contributed by atoms with van der Waals surface area (Å²) in [5.41, 5.74) is 2.57. The van der Waals surface area contributed by atoms with Crippen molar-refractivity contribution in [3.8, 4) is 11.1 Å². The first-order chi connectivity index (χ1) is 9.79. The summed E-state index contributed by atoms with van der Waals surface area (Å²) >= 11 is 0. The lowest BCUT2D eigenvalue weighted by molar-refractivity contribution is 0.0518. The Morgan fingerprint density at radius 1 is 1.30 bits per heavy atom. The molecule has 2 aromatic heterocycles. The van der Waals surface area contributed by atoms with Gasteiger partial charge in [0.25, 0.3) is 0 Å². The zero-order chi connectivity index (χ0) is 13.9. The molecule has 1 aromatic carbocycles. The fourth-order valence-corrected chi connectivity index (χ4v) is 1.96. The lowest BCUT2D eigenvalue weighted by Gasteiger charge is -2.06. The molecule has 3 aromatic rings. The van der Waals surface area contributed by atoms with E-state index >= 15 is 0 Å². The first-order valence-electron chi connectivity index (χ1n) is 6.23. The van der Waals surface area contributed by atoms with Crippen LogP contribution in [0.4, 0.5) is 0 Å². The van der Waals surface area contributed by atoms with Crippen LogP contribution in [0.2, 0.25) is 0 Å². The van der Waals surface area contributed by atoms with Crippen molar-refractivity contribution < 1.29 is 9.53 Å². The van der Waals surface area contributed by atoms with Crippen LogP contribution in [0, 0.1) is 0 Å². The number of esters is 1. The van der Waals surface area contributed by atoms with Crippen LogP contribution in [0.3, 0.4) is 0 Å². The van der Waals surface area contributed by atoms with Gasteiger partial charge in [-0.3, -0.25) is 0 Å². The number of benzene rings is 1. The van der Waals surface area contributed by atoms with Gasteiger partial charge in [-0.2, -0.15) is 9.61 Å². The van der Waals surface area contributed by atoms with Gasteiger partial charge in [-0.1, -0.05) is 30.3 Å². The molecule has 20 heavy (non-hydrogen) atoms. The van der Waals surface area contributed by atoms with Gasteiger partial charge in [0.1, 0.15) is 6.33 Å². The first kappa shape index (κ1) is 12.3. The van der Waals surface area contributed by atoms with Crippen molar-refractivity contribution in [1.29, 1.82) is 0 Å². The SMILES string of the molecule is CCOC(=O)c1cc(-c2ccccc2)c2nncn2n1. The number of carbonyl (C=O) groups excluding carboxylic acids is 1. The third-order valence-electron chi connectivity index (χ3n) is 2.84. The molecule has 0 N–H and O–H groups in total. The van der Waals surface area contributed by atoms with E-state index in [2.05, 4.69) is 15.3 Å². The van der Waals surface area contributed by atoms with E-state index in [-0.39, 0.29) is 5.69 Å². The molecule has 6 nitrogen and oxygen atoms in total. The van der Waals surface area contributed by atoms with Crippen LogP contribution in [0.25, 0.3) is 16.8 Å². The van der Waals surface area contributed by atoms with E-state index in [1.54, 1.807) is 13.0 Å². The molecule has 0 atom stereocenters. The highest BCUT2D eigenvalue weighted by molar-refractivity contribution is 5.90. The Kier molecular flexibility index (Phi) is 3.12. The van der Waals surface area contributed by atoms with E-state index < -0.39 is 5.97 Å². The van der Waals surface area contributed by atoms with E-state index in [1.165, 1.54) is 10.8 Å². The largest absolute Gasteiger partial charge is 0.461 e. The Labute approximate surface area is 115 Å². The van der Waals surface area contributed by atoms with Crippen molar-refractivity contribution in [2.75, 3.05) is 6.61 Å². The molecular weight excluding hydrogens is 256 g/mol. The highest BCUT2D eigenvalue weighted by atomic mass is 16.5. The van der Waals surface area contributed by atoms with Gasteiger partial charge in [-0.25, -0.2) is 4.79 Å². The van der Waals surface area contributed by atoms with Gasteiger partial charge in [0.05, 0.1) is 6.61 Å². The average Bonchev–Trinajstić information content (AvgIpc) is 2.95. The molecule has 2 heterocycles. The van der Waals surface area contributed by atoms with E-state index in [4.69, 9.17) is 4.74 Å². The molecule has 3 rings (SSSR count). The van der Waals surface area contributed by atoms with Gasteiger partial charge in [-0.05, 0) is 18.6 Å². The number of rotatable bonds is 3. The molecule has 100 valence electrons. The third kappa shape index (κ3) is 2.11. The van der Waals surface area contributed by atoms with Gasteiger partial charge < -0.3 is 4.74 Å². The molecule has 0 bridgehead atoms. The Morgan fingerprint density at radius 3 is 2.85 bits per heavy atom. The van der Waals surface area contributed by atoms with Crippen LogP contribution in [0.5, 0.6) is 0 Å². The van der Waals surface area contributed by atoms with Crippen molar-refractivity contribution in [3.63, 3.8) is 0 Å². The molecule has 6 heteroatoms. The van der Waals surface area contributed by atoms with Crippen molar-refractivity contribution in [2.24, 2.45) is 0 Å². The Bertz CT molecular complexity index is 752. The Hall–Kier alpha value is -2.76. The molecule has 0 unspecified atom stereocenters. The lowest BCUT2D eigenvalue weighted by Crippen LogP contribution is -2.10. The number of hydrogen-bond donors (Lipinski definition) is 0. The maximum atomic E-state index is 11.9. The summed E-state index contributed by atoms with van der Waals surface area (Å²) in [6.07, 6.45) is 1.46. The highest BCUT2D eigenvalue weighted by Crippen LogP contribution is 2.23. The molecule has 0 aliphatic rings. The fourth-order valence-electron chi connectivity index (χ4n) is 1.96. The average molecular weight is 268 g/mol. The second-order valence-corrected chi connectivity index (χ2v) is 4.13. The number of ether oxygens (including phenoxy) is 1. The molecule has 0 aliphatic heterocycles. The number of carbonyl (C=O) groups is 1. The molecular formula is C14H12N4O2. The van der Waals surface area contributed by atoms with Gasteiger partial charge in [0.15, 0.2) is 11.3 Å². The Balaban J connectivity index is 2.19. The van der Waals surface area contributed by atoms with Crippen LogP contribution in [-0.4, -0.2) is 32.4 Å². The Morgan fingerprint density at radius 2 is 2.10 bits per heavy atom. The molecule has 0 radical (unpaired) electrons. The second kappa shape index (κ2) is 5.08. The van der Waals surface area contributed by atoms with E-state index in [0.29, 0.717) is 12.3 Å². The summed E-state index contributed by atoms with van der Waals surface area (Å²) in [5, 5.41) is 12.0. The van der Waals surface area contributed by atoms with Crippen molar-refractivity contribution >= 4 is 11.6 Å². The first-order valence-corrected chi connectivity index (χ1v) is 6.23. The minimum atomic E-state index is -0.458. The summed E-state index contributed by atoms with van der Waals surface area (Å²) in [5.74, 6) is -0.458. The van der Waals surface area contributed by atoms with Crippen LogP contribution in [0.1, 0.15) is 17.4 Å². The molecule has 0 fully saturated rings. The van der Waals surface area contributed by atoms with Crippen molar-refractivity contribution in [1.82, 2.24) is 19.8 Å². The zero-order valence-corrected chi connectivity index (χ0v) is 10.9. The molecule has 0 saturated heterocycles. The maximum absolute atomic E-state index is 11.9. The van der Waals surface area contributed by atoms with E-state index in [9.17, 15) is 4.79 Å². The number of fused-ring (bicyclic) bond motifs is 1. The molecule has 0 aliphatic carbocycles. The van der Waals surface area contributed by atoms with Gasteiger partial charge in [0.2, 0.25) is 0 Å². The van der Waals surface area contributed by atoms with Crippen molar-refractivity contribution in [3.05, 3.63) is 48.4 Å². The normalized spacial score (nSPS) is 10.7.